The predicted molar refractivity (Wildman–Crippen MR) is 110 cm³/mol. The summed E-state index contributed by atoms with van der Waals surface area (Å²) >= 11 is 6.06. The van der Waals surface area contributed by atoms with Crippen LogP contribution in [0.3, 0.4) is 0 Å². The van der Waals surface area contributed by atoms with E-state index in [0.29, 0.717) is 12.0 Å². The molecule has 2 aromatic carbocycles. The molecule has 0 saturated heterocycles. The first-order valence-corrected chi connectivity index (χ1v) is 10.2. The Morgan fingerprint density at radius 2 is 2.00 bits per heavy atom. The van der Waals surface area contributed by atoms with Gasteiger partial charge in [-0.05, 0) is 86.4 Å². The third kappa shape index (κ3) is 5.75. The zero-order valence-corrected chi connectivity index (χ0v) is 16.6. The van der Waals surface area contributed by atoms with Crippen LogP contribution < -0.4 is 10.1 Å². The molecule has 0 radical (unpaired) electrons. The standard InChI is InChI=1S/C23H30ClNO/c1-17-6-3-10-22(12-17)26-23-11-5-8-20(14-23)18(2)15-25-16-19-7-4-9-21(24)13-19/h3-4,6-7,9-10,12-13,18,20,23,25H,5,8,11,14-16H2,1-2H3. The van der Waals surface area contributed by atoms with E-state index in [2.05, 4.69) is 49.5 Å². The Morgan fingerprint density at radius 3 is 2.81 bits per heavy atom. The van der Waals surface area contributed by atoms with Gasteiger partial charge in [-0.3, -0.25) is 0 Å². The van der Waals surface area contributed by atoms with Gasteiger partial charge in [0.25, 0.3) is 0 Å². The third-order valence-electron chi connectivity index (χ3n) is 5.45. The van der Waals surface area contributed by atoms with Crippen LogP contribution in [0.25, 0.3) is 0 Å². The van der Waals surface area contributed by atoms with Crippen LogP contribution in [0, 0.1) is 18.8 Å². The van der Waals surface area contributed by atoms with Gasteiger partial charge in [0, 0.05) is 11.6 Å². The number of aryl methyl sites for hydroxylation is 1. The molecule has 0 spiro atoms. The zero-order valence-electron chi connectivity index (χ0n) is 15.9. The average molecular weight is 372 g/mol. The van der Waals surface area contributed by atoms with Crippen LogP contribution >= 0.6 is 11.6 Å². The predicted octanol–water partition coefficient (Wildman–Crippen LogP) is 6.01. The van der Waals surface area contributed by atoms with Gasteiger partial charge in [-0.25, -0.2) is 0 Å². The number of hydrogen-bond donors (Lipinski definition) is 1. The van der Waals surface area contributed by atoms with Gasteiger partial charge in [-0.2, -0.15) is 0 Å². The first-order chi connectivity index (χ1) is 12.6. The van der Waals surface area contributed by atoms with E-state index >= 15 is 0 Å². The van der Waals surface area contributed by atoms with Crippen molar-refractivity contribution in [3.63, 3.8) is 0 Å². The highest BCUT2D eigenvalue weighted by Crippen LogP contribution is 2.32. The van der Waals surface area contributed by atoms with Crippen molar-refractivity contribution in [1.29, 1.82) is 0 Å². The van der Waals surface area contributed by atoms with Gasteiger partial charge in [0.05, 0.1) is 6.10 Å². The second-order valence-corrected chi connectivity index (χ2v) is 8.16. The lowest BCUT2D eigenvalue weighted by Gasteiger charge is -2.33. The Balaban J connectivity index is 1.46. The lowest BCUT2D eigenvalue weighted by atomic mass is 9.79. The second kappa shape index (κ2) is 9.43. The molecule has 2 nitrogen and oxygen atoms in total. The van der Waals surface area contributed by atoms with Crippen molar-refractivity contribution in [2.24, 2.45) is 11.8 Å². The number of rotatable bonds is 7. The van der Waals surface area contributed by atoms with Crippen LogP contribution in [0.15, 0.2) is 48.5 Å². The molecule has 2 aromatic rings. The summed E-state index contributed by atoms with van der Waals surface area (Å²) in [6.07, 6.45) is 5.26. The first-order valence-electron chi connectivity index (χ1n) is 9.78. The van der Waals surface area contributed by atoms with Crippen LogP contribution in [0.2, 0.25) is 5.02 Å². The maximum Gasteiger partial charge on any atom is 0.119 e. The van der Waals surface area contributed by atoms with Gasteiger partial charge in [0.2, 0.25) is 0 Å². The quantitative estimate of drug-likeness (QED) is 0.643. The summed E-state index contributed by atoms with van der Waals surface area (Å²) in [4.78, 5) is 0. The Hall–Kier alpha value is -1.51. The molecule has 3 unspecified atom stereocenters. The Kier molecular flexibility index (Phi) is 6.99. The molecular formula is C23H30ClNO. The van der Waals surface area contributed by atoms with Crippen molar-refractivity contribution in [2.45, 2.75) is 52.2 Å². The summed E-state index contributed by atoms with van der Waals surface area (Å²) in [5, 5.41) is 4.40. The van der Waals surface area contributed by atoms with Crippen LogP contribution in [-0.4, -0.2) is 12.6 Å². The smallest absolute Gasteiger partial charge is 0.119 e. The normalized spacial score (nSPS) is 21.3. The highest BCUT2D eigenvalue weighted by Gasteiger charge is 2.27. The number of halogens is 1. The van der Waals surface area contributed by atoms with Crippen LogP contribution in [0.4, 0.5) is 0 Å². The molecule has 1 aliphatic rings. The molecule has 26 heavy (non-hydrogen) atoms. The molecule has 1 fully saturated rings. The summed E-state index contributed by atoms with van der Waals surface area (Å²) in [7, 11) is 0. The minimum absolute atomic E-state index is 0.353. The fraction of sp³-hybridized carbons (Fsp3) is 0.478. The molecule has 0 amide bonds. The fourth-order valence-corrected chi connectivity index (χ4v) is 4.16. The molecule has 1 aliphatic carbocycles. The fourth-order valence-electron chi connectivity index (χ4n) is 3.94. The molecule has 0 bridgehead atoms. The SMILES string of the molecule is Cc1cccc(OC2CCCC(C(C)CNCc3cccc(Cl)c3)C2)c1. The van der Waals surface area contributed by atoms with E-state index < -0.39 is 0 Å². The van der Waals surface area contributed by atoms with Crippen molar-refractivity contribution < 1.29 is 4.74 Å². The minimum atomic E-state index is 0.353. The summed E-state index contributed by atoms with van der Waals surface area (Å²) in [5.74, 6) is 2.39. The summed E-state index contributed by atoms with van der Waals surface area (Å²) in [5.41, 5.74) is 2.50. The van der Waals surface area contributed by atoms with E-state index in [0.717, 1.165) is 36.2 Å². The lowest BCUT2D eigenvalue weighted by Crippen LogP contribution is -2.33. The minimum Gasteiger partial charge on any atom is -0.490 e. The first kappa shape index (κ1) is 19.3. The van der Waals surface area contributed by atoms with E-state index in [1.807, 2.05) is 18.2 Å². The highest BCUT2D eigenvalue weighted by atomic mass is 35.5. The number of benzene rings is 2. The van der Waals surface area contributed by atoms with Gasteiger partial charge in [0.15, 0.2) is 0 Å². The Labute approximate surface area is 162 Å². The van der Waals surface area contributed by atoms with Gasteiger partial charge in [-0.1, -0.05) is 42.8 Å². The van der Waals surface area contributed by atoms with E-state index in [4.69, 9.17) is 16.3 Å². The number of nitrogens with one attached hydrogen (secondary N) is 1. The topological polar surface area (TPSA) is 21.3 Å². The molecule has 140 valence electrons. The summed E-state index contributed by atoms with van der Waals surface area (Å²) in [6.45, 7) is 6.39. The summed E-state index contributed by atoms with van der Waals surface area (Å²) < 4.78 is 6.27. The molecule has 0 aromatic heterocycles. The van der Waals surface area contributed by atoms with Crippen LogP contribution in [-0.2, 0) is 6.54 Å². The molecule has 0 aliphatic heterocycles. The van der Waals surface area contributed by atoms with Crippen molar-refractivity contribution in [2.75, 3.05) is 6.54 Å². The molecular weight excluding hydrogens is 342 g/mol. The molecule has 1 N–H and O–H groups in total. The molecule has 3 atom stereocenters. The second-order valence-electron chi connectivity index (χ2n) is 7.72. The number of ether oxygens (including phenoxy) is 1. The molecule has 3 heteroatoms. The van der Waals surface area contributed by atoms with Gasteiger partial charge in [0.1, 0.15) is 5.75 Å². The van der Waals surface area contributed by atoms with Gasteiger partial charge < -0.3 is 10.1 Å². The van der Waals surface area contributed by atoms with E-state index in [1.165, 1.54) is 30.4 Å². The average Bonchev–Trinajstić information content (AvgIpc) is 2.62. The van der Waals surface area contributed by atoms with Crippen molar-refractivity contribution in [1.82, 2.24) is 5.32 Å². The third-order valence-corrected chi connectivity index (χ3v) is 5.68. The van der Waals surface area contributed by atoms with Crippen LogP contribution in [0.1, 0.15) is 43.7 Å². The summed E-state index contributed by atoms with van der Waals surface area (Å²) in [6, 6.07) is 16.5. The van der Waals surface area contributed by atoms with Gasteiger partial charge >= 0.3 is 0 Å². The molecule has 1 saturated carbocycles. The van der Waals surface area contributed by atoms with Crippen molar-refractivity contribution in [3.05, 3.63) is 64.7 Å². The molecule has 0 heterocycles. The van der Waals surface area contributed by atoms with E-state index in [-0.39, 0.29) is 0 Å². The van der Waals surface area contributed by atoms with Crippen LogP contribution in [0.5, 0.6) is 5.75 Å². The lowest BCUT2D eigenvalue weighted by molar-refractivity contribution is 0.102. The monoisotopic (exact) mass is 371 g/mol. The maximum atomic E-state index is 6.27. The van der Waals surface area contributed by atoms with Crippen molar-refractivity contribution >= 4 is 11.6 Å². The van der Waals surface area contributed by atoms with Crippen molar-refractivity contribution in [3.8, 4) is 5.75 Å². The highest BCUT2D eigenvalue weighted by molar-refractivity contribution is 6.30. The number of hydrogen-bond acceptors (Lipinski definition) is 2. The zero-order chi connectivity index (χ0) is 18.4. The Morgan fingerprint density at radius 1 is 1.15 bits per heavy atom. The maximum absolute atomic E-state index is 6.27. The van der Waals surface area contributed by atoms with E-state index in [1.54, 1.807) is 0 Å². The van der Waals surface area contributed by atoms with E-state index in [9.17, 15) is 0 Å². The van der Waals surface area contributed by atoms with Gasteiger partial charge in [-0.15, -0.1) is 0 Å². The molecule has 3 rings (SSSR count). The largest absolute Gasteiger partial charge is 0.490 e. The Bertz CT molecular complexity index is 702.